The van der Waals surface area contributed by atoms with Crippen LogP contribution in [0.2, 0.25) is 0 Å². The van der Waals surface area contributed by atoms with Gasteiger partial charge >= 0.3 is 6.09 Å². The van der Waals surface area contributed by atoms with E-state index < -0.39 is 6.09 Å². The summed E-state index contributed by atoms with van der Waals surface area (Å²) in [5.74, 6) is 1.53. The van der Waals surface area contributed by atoms with E-state index in [1.165, 1.54) is 4.90 Å². The highest BCUT2D eigenvalue weighted by atomic mass is 16.7. The molecule has 3 rings (SSSR count). The van der Waals surface area contributed by atoms with Crippen LogP contribution in [0.15, 0.2) is 24.3 Å². The Balaban J connectivity index is 1.89. The number of fused-ring (bicyclic) bond motifs is 1. The zero-order valence-electron chi connectivity index (χ0n) is 9.76. The van der Waals surface area contributed by atoms with Gasteiger partial charge in [0.2, 0.25) is 6.79 Å². The number of ether oxygens (including phenoxy) is 2. The van der Waals surface area contributed by atoms with Crippen molar-refractivity contribution in [2.75, 3.05) is 19.9 Å². The van der Waals surface area contributed by atoms with Gasteiger partial charge in [-0.15, -0.1) is 0 Å². The summed E-state index contributed by atoms with van der Waals surface area (Å²) >= 11 is 0. The maximum Gasteiger partial charge on any atom is 0.407 e. The maximum absolute atomic E-state index is 10.8. The predicted molar refractivity (Wildman–Crippen MR) is 64.8 cm³/mol. The molecule has 5 nitrogen and oxygen atoms in total. The van der Waals surface area contributed by atoms with Crippen LogP contribution >= 0.6 is 0 Å². The van der Waals surface area contributed by atoms with E-state index in [1.807, 2.05) is 24.3 Å². The molecule has 1 aromatic carbocycles. The highest BCUT2D eigenvalue weighted by Crippen LogP contribution is 2.40. The van der Waals surface area contributed by atoms with E-state index in [0.717, 1.165) is 22.6 Å². The monoisotopic (exact) mass is 247 g/mol. The average molecular weight is 247 g/mol. The molecular formula is C13H13NO4. The first-order chi connectivity index (χ1) is 8.75. The molecule has 5 heteroatoms. The molecule has 18 heavy (non-hydrogen) atoms. The minimum absolute atomic E-state index is 0.251. The summed E-state index contributed by atoms with van der Waals surface area (Å²) in [6, 6.07) is 5.78. The Morgan fingerprint density at radius 2 is 2.22 bits per heavy atom. The minimum atomic E-state index is -0.872. The number of amides is 1. The number of carboxylic acid groups (broad SMARTS) is 1. The van der Waals surface area contributed by atoms with Crippen LogP contribution in [0.1, 0.15) is 12.0 Å². The summed E-state index contributed by atoms with van der Waals surface area (Å²) < 4.78 is 10.8. The van der Waals surface area contributed by atoms with E-state index in [1.54, 1.807) is 0 Å². The van der Waals surface area contributed by atoms with Crippen molar-refractivity contribution in [2.24, 2.45) is 0 Å². The fourth-order valence-corrected chi connectivity index (χ4v) is 2.27. The molecule has 1 N–H and O–H groups in total. The fraction of sp³-hybridized carbons (Fsp3) is 0.308. The Hall–Kier alpha value is -2.17. The molecular weight excluding hydrogens is 234 g/mol. The lowest BCUT2D eigenvalue weighted by Gasteiger charge is -2.24. The highest BCUT2D eigenvalue weighted by Gasteiger charge is 2.22. The predicted octanol–water partition coefficient (Wildman–Crippen LogP) is 2.18. The van der Waals surface area contributed by atoms with Crippen molar-refractivity contribution < 1.29 is 19.4 Å². The summed E-state index contributed by atoms with van der Waals surface area (Å²) in [5, 5.41) is 8.90. The normalized spacial score (nSPS) is 17.6. The van der Waals surface area contributed by atoms with Crippen molar-refractivity contribution in [2.45, 2.75) is 6.42 Å². The molecule has 0 aliphatic carbocycles. The molecule has 2 aliphatic heterocycles. The molecule has 0 spiro atoms. The lowest BCUT2D eigenvalue weighted by molar-refractivity contribution is 0.150. The van der Waals surface area contributed by atoms with E-state index >= 15 is 0 Å². The second-order valence-corrected chi connectivity index (χ2v) is 4.25. The van der Waals surface area contributed by atoms with E-state index in [4.69, 9.17) is 14.6 Å². The summed E-state index contributed by atoms with van der Waals surface area (Å²) in [4.78, 5) is 12.2. The quantitative estimate of drug-likeness (QED) is 0.826. The molecule has 2 heterocycles. The van der Waals surface area contributed by atoms with Crippen molar-refractivity contribution in [3.63, 3.8) is 0 Å². The standard InChI is InChI=1S/C13H13NO4/c15-13(16)14-6-4-9(5-7-14)10-2-1-3-11-12(10)18-8-17-11/h1-4H,5-8H2,(H,15,16). The molecule has 0 atom stereocenters. The largest absolute Gasteiger partial charge is 0.465 e. The minimum Gasteiger partial charge on any atom is -0.465 e. The van der Waals surface area contributed by atoms with Crippen LogP contribution in [-0.4, -0.2) is 36.0 Å². The van der Waals surface area contributed by atoms with Crippen LogP contribution in [0.3, 0.4) is 0 Å². The first-order valence-corrected chi connectivity index (χ1v) is 5.81. The Bertz CT molecular complexity index is 524. The first-order valence-electron chi connectivity index (χ1n) is 5.81. The molecule has 0 bridgehead atoms. The van der Waals surface area contributed by atoms with Crippen molar-refractivity contribution in [3.05, 3.63) is 29.8 Å². The van der Waals surface area contributed by atoms with Gasteiger partial charge in [-0.05, 0) is 18.1 Å². The van der Waals surface area contributed by atoms with Crippen LogP contribution in [0.4, 0.5) is 4.79 Å². The van der Waals surface area contributed by atoms with Gasteiger partial charge < -0.3 is 19.5 Å². The van der Waals surface area contributed by atoms with Crippen LogP contribution in [-0.2, 0) is 0 Å². The molecule has 0 radical (unpaired) electrons. The number of benzene rings is 1. The second kappa shape index (κ2) is 4.25. The number of carbonyl (C=O) groups is 1. The lowest BCUT2D eigenvalue weighted by atomic mass is 9.98. The first kappa shape index (κ1) is 11.0. The molecule has 0 saturated heterocycles. The molecule has 94 valence electrons. The number of hydrogen-bond acceptors (Lipinski definition) is 3. The van der Waals surface area contributed by atoms with E-state index in [9.17, 15) is 4.79 Å². The average Bonchev–Trinajstić information content (AvgIpc) is 2.87. The smallest absolute Gasteiger partial charge is 0.407 e. The summed E-state index contributed by atoms with van der Waals surface area (Å²) in [6.07, 6.45) is 1.77. The van der Waals surface area contributed by atoms with Crippen molar-refractivity contribution >= 4 is 11.7 Å². The van der Waals surface area contributed by atoms with Crippen LogP contribution in [0, 0.1) is 0 Å². The maximum atomic E-state index is 10.8. The fourth-order valence-electron chi connectivity index (χ4n) is 2.27. The van der Waals surface area contributed by atoms with E-state index in [0.29, 0.717) is 19.5 Å². The van der Waals surface area contributed by atoms with E-state index in [2.05, 4.69) is 0 Å². The van der Waals surface area contributed by atoms with Gasteiger partial charge in [0.15, 0.2) is 11.5 Å². The lowest BCUT2D eigenvalue weighted by Crippen LogP contribution is -2.33. The zero-order valence-corrected chi connectivity index (χ0v) is 9.76. The number of rotatable bonds is 1. The summed E-state index contributed by atoms with van der Waals surface area (Å²) in [7, 11) is 0. The van der Waals surface area contributed by atoms with Gasteiger partial charge in [0.1, 0.15) is 0 Å². The molecule has 2 aliphatic rings. The Morgan fingerprint density at radius 3 is 2.94 bits per heavy atom. The Morgan fingerprint density at radius 1 is 1.33 bits per heavy atom. The van der Waals surface area contributed by atoms with Gasteiger partial charge in [-0.25, -0.2) is 4.79 Å². The van der Waals surface area contributed by atoms with Gasteiger partial charge in [-0.2, -0.15) is 0 Å². The third-order valence-electron chi connectivity index (χ3n) is 3.22. The highest BCUT2D eigenvalue weighted by molar-refractivity contribution is 5.76. The number of hydrogen-bond donors (Lipinski definition) is 1. The molecule has 1 amide bonds. The SMILES string of the molecule is O=C(O)N1CC=C(c2cccc3c2OCO3)CC1. The molecule has 1 aromatic rings. The molecule has 0 unspecified atom stereocenters. The van der Waals surface area contributed by atoms with Crippen LogP contribution in [0.25, 0.3) is 5.57 Å². The van der Waals surface area contributed by atoms with Gasteiger partial charge in [-0.1, -0.05) is 18.2 Å². The number of para-hydroxylation sites is 1. The molecule has 0 fully saturated rings. The Labute approximate surface area is 104 Å². The zero-order chi connectivity index (χ0) is 12.5. The van der Waals surface area contributed by atoms with Gasteiger partial charge in [0, 0.05) is 18.7 Å². The van der Waals surface area contributed by atoms with Crippen molar-refractivity contribution in [3.8, 4) is 11.5 Å². The van der Waals surface area contributed by atoms with Crippen molar-refractivity contribution in [1.82, 2.24) is 4.90 Å². The van der Waals surface area contributed by atoms with Crippen LogP contribution in [0.5, 0.6) is 11.5 Å². The third kappa shape index (κ3) is 1.77. The van der Waals surface area contributed by atoms with E-state index in [-0.39, 0.29) is 6.79 Å². The van der Waals surface area contributed by atoms with Crippen LogP contribution < -0.4 is 9.47 Å². The summed E-state index contributed by atoms with van der Waals surface area (Å²) in [6.45, 7) is 1.20. The van der Waals surface area contributed by atoms with Crippen molar-refractivity contribution in [1.29, 1.82) is 0 Å². The van der Waals surface area contributed by atoms with Gasteiger partial charge in [0.25, 0.3) is 0 Å². The summed E-state index contributed by atoms with van der Waals surface area (Å²) in [5.41, 5.74) is 2.13. The topological polar surface area (TPSA) is 59.0 Å². The second-order valence-electron chi connectivity index (χ2n) is 4.25. The van der Waals surface area contributed by atoms with Gasteiger partial charge in [-0.3, -0.25) is 0 Å². The van der Waals surface area contributed by atoms with Gasteiger partial charge in [0.05, 0.1) is 0 Å². The Kier molecular flexibility index (Phi) is 2.59. The molecule has 0 saturated carbocycles. The third-order valence-corrected chi connectivity index (χ3v) is 3.22. The molecule has 0 aromatic heterocycles. The number of nitrogens with zero attached hydrogens (tertiary/aromatic N) is 1.